The number of hydrogen-bond acceptors (Lipinski definition) is 15. The van der Waals surface area contributed by atoms with Crippen LogP contribution in [0, 0.1) is 0 Å². The number of nitrogens with zero attached hydrogens (tertiary/aromatic N) is 5. The summed E-state index contributed by atoms with van der Waals surface area (Å²) in [6.07, 6.45) is 0.734. The number of hydrogen-bond donors (Lipinski definition) is 3. The van der Waals surface area contributed by atoms with Crippen LogP contribution in [0.5, 0.6) is 11.5 Å². The number of imide groups is 2. The van der Waals surface area contributed by atoms with Crippen LogP contribution in [-0.2, 0) is 46.5 Å². The molecule has 4 saturated heterocycles. The van der Waals surface area contributed by atoms with Gasteiger partial charge in [0, 0.05) is 102 Å². The minimum Gasteiger partial charge on any atom is -0.489 e. The van der Waals surface area contributed by atoms with Crippen molar-refractivity contribution in [1.29, 1.82) is 0 Å². The topological polar surface area (TPSA) is 218 Å². The predicted molar refractivity (Wildman–Crippen MR) is 242 cm³/mol. The van der Waals surface area contributed by atoms with Gasteiger partial charge < -0.3 is 53.5 Å². The first kappa shape index (κ1) is 49.7. The van der Waals surface area contributed by atoms with Crippen LogP contribution in [0.25, 0.3) is 0 Å². The first-order chi connectivity index (χ1) is 31.2. The SMILES string of the molecule is COCCOc1c(N2CCN(C(=O)OC(C)(C)C)CC2)ccc2c1CN(C1CCC(=O)NC1=O)C2=O.COCCOc1c(N2CCNCC2)ccc2c1CN(C1CCC(=O)NC1=O)C2=O.Cl. The summed E-state index contributed by atoms with van der Waals surface area (Å²) in [5.41, 5.74) is 3.78. The third-order valence-corrected chi connectivity index (χ3v) is 12.1. The van der Waals surface area contributed by atoms with Crippen LogP contribution in [0.15, 0.2) is 24.3 Å². The van der Waals surface area contributed by atoms with Crippen LogP contribution >= 0.6 is 12.4 Å². The lowest BCUT2D eigenvalue weighted by Crippen LogP contribution is -2.52. The number of benzene rings is 2. The molecule has 6 aliphatic heterocycles. The number of ether oxygens (including phenoxy) is 5. The van der Waals surface area contributed by atoms with Crippen LogP contribution < -0.4 is 35.2 Å². The number of halogens is 1. The second-order valence-corrected chi connectivity index (χ2v) is 17.6. The molecular weight excluding hydrogens is 880 g/mol. The highest BCUT2D eigenvalue weighted by Gasteiger charge is 2.43. The highest BCUT2D eigenvalue weighted by atomic mass is 35.5. The van der Waals surface area contributed by atoms with Gasteiger partial charge in [0.1, 0.15) is 42.4 Å². The maximum absolute atomic E-state index is 13.2. The number of carbonyl (C=O) groups is 7. The summed E-state index contributed by atoms with van der Waals surface area (Å²) in [5, 5.41) is 8.01. The number of methoxy groups -OCH3 is 2. The highest BCUT2D eigenvalue weighted by Crippen LogP contribution is 2.42. The largest absolute Gasteiger partial charge is 0.489 e. The van der Waals surface area contributed by atoms with Gasteiger partial charge in [-0.1, -0.05) is 0 Å². The van der Waals surface area contributed by atoms with E-state index in [1.807, 2.05) is 39.0 Å². The normalized spacial score (nSPS) is 20.8. The Morgan fingerprint density at radius 3 is 1.48 bits per heavy atom. The maximum Gasteiger partial charge on any atom is 0.410 e. The van der Waals surface area contributed by atoms with E-state index in [0.29, 0.717) is 100 Å². The average molecular weight is 941 g/mol. The Hall–Kier alpha value is -5.70. The van der Waals surface area contributed by atoms with E-state index in [1.54, 1.807) is 30.1 Å². The van der Waals surface area contributed by atoms with E-state index in [2.05, 4.69) is 25.8 Å². The molecule has 0 saturated carbocycles. The molecule has 6 heterocycles. The number of anilines is 2. The molecule has 0 bridgehead atoms. The van der Waals surface area contributed by atoms with Gasteiger partial charge in [-0.05, 0) is 57.9 Å². The second kappa shape index (κ2) is 21.7. The second-order valence-electron chi connectivity index (χ2n) is 17.6. The number of amides is 7. The van der Waals surface area contributed by atoms with Crippen LogP contribution in [0.1, 0.15) is 78.3 Å². The smallest absolute Gasteiger partial charge is 0.410 e. The Labute approximate surface area is 390 Å². The van der Waals surface area contributed by atoms with Gasteiger partial charge in [-0.3, -0.25) is 39.4 Å². The summed E-state index contributed by atoms with van der Waals surface area (Å²) in [5.74, 6) is -0.658. The summed E-state index contributed by atoms with van der Waals surface area (Å²) < 4.78 is 28.0. The molecule has 0 aliphatic carbocycles. The first-order valence-corrected chi connectivity index (χ1v) is 22.2. The Morgan fingerprint density at radius 1 is 0.636 bits per heavy atom. The zero-order valence-corrected chi connectivity index (χ0v) is 39.1. The first-order valence-electron chi connectivity index (χ1n) is 22.2. The molecule has 2 aromatic rings. The number of piperidine rings is 2. The molecule has 4 fully saturated rings. The Balaban J connectivity index is 0.000000220. The number of piperazine rings is 2. The van der Waals surface area contributed by atoms with Gasteiger partial charge in [0.05, 0.1) is 37.7 Å². The maximum atomic E-state index is 13.2. The summed E-state index contributed by atoms with van der Waals surface area (Å²) >= 11 is 0. The van der Waals surface area contributed by atoms with E-state index in [1.165, 1.54) is 4.90 Å². The van der Waals surface area contributed by atoms with Gasteiger partial charge in [0.25, 0.3) is 11.8 Å². The minimum absolute atomic E-state index is 0. The Morgan fingerprint density at radius 2 is 1.08 bits per heavy atom. The highest BCUT2D eigenvalue weighted by molar-refractivity contribution is 6.07. The zero-order valence-electron chi connectivity index (χ0n) is 38.2. The molecule has 0 spiro atoms. The van der Waals surface area contributed by atoms with Crippen molar-refractivity contribution >= 4 is 65.3 Å². The third-order valence-electron chi connectivity index (χ3n) is 12.1. The van der Waals surface area contributed by atoms with Crippen molar-refractivity contribution < 1.29 is 57.2 Å². The molecule has 8 rings (SSSR count). The molecule has 66 heavy (non-hydrogen) atoms. The Bertz CT molecular complexity index is 2170. The molecule has 7 amide bonds. The average Bonchev–Trinajstić information content (AvgIpc) is 3.79. The molecule has 20 nitrogen and oxygen atoms in total. The quantitative estimate of drug-likeness (QED) is 0.204. The fraction of sp³-hybridized carbons (Fsp3) is 0.578. The van der Waals surface area contributed by atoms with Crippen molar-refractivity contribution in [2.75, 3.05) is 103 Å². The lowest BCUT2D eigenvalue weighted by Gasteiger charge is -2.37. The predicted octanol–water partition coefficient (Wildman–Crippen LogP) is 1.83. The molecule has 6 aliphatic rings. The van der Waals surface area contributed by atoms with Crippen LogP contribution in [0.3, 0.4) is 0 Å². The summed E-state index contributed by atoms with van der Waals surface area (Å²) in [6, 6.07) is 6.04. The van der Waals surface area contributed by atoms with Crippen molar-refractivity contribution in [3.05, 3.63) is 46.5 Å². The zero-order chi connectivity index (χ0) is 46.4. The van der Waals surface area contributed by atoms with Crippen LogP contribution in [0.4, 0.5) is 16.2 Å². The lowest BCUT2D eigenvalue weighted by molar-refractivity contribution is -0.138. The van der Waals surface area contributed by atoms with Crippen molar-refractivity contribution in [2.24, 2.45) is 0 Å². The van der Waals surface area contributed by atoms with Crippen molar-refractivity contribution in [3.63, 3.8) is 0 Å². The molecular formula is C45H61ClN8O12. The number of carbonyl (C=O) groups excluding carboxylic acids is 7. The van der Waals surface area contributed by atoms with Crippen molar-refractivity contribution in [2.45, 2.75) is 77.2 Å². The summed E-state index contributed by atoms with van der Waals surface area (Å²) in [7, 11) is 3.20. The van der Waals surface area contributed by atoms with Gasteiger partial charge in [0.15, 0.2) is 0 Å². The molecule has 0 radical (unpaired) electrons. The lowest BCUT2D eigenvalue weighted by atomic mass is 10.0. The number of rotatable bonds is 12. The van der Waals surface area contributed by atoms with Gasteiger partial charge in [-0.15, -0.1) is 12.4 Å². The standard InChI is InChI=1S/C25H34N4O7.C20H26N4O5.ClH/c1-25(2,3)36-24(33)28-11-9-27(10-12-28)18-6-5-16-17(21(18)35-14-13-34-4)15-29(23(16)32)19-7-8-20(30)26-22(19)31;1-28-10-11-29-18-14-12-24(16-4-5-17(25)22-19(16)26)20(27)13(14)2-3-15(18)23-8-6-21-7-9-23;/h5-6,19H,7-15H2,1-4H3,(H,26,30,31);2-3,16,21H,4-12H2,1H3,(H,22,25,26);1H. The molecule has 3 N–H and O–H groups in total. The van der Waals surface area contributed by atoms with Crippen LogP contribution in [0.2, 0.25) is 0 Å². The van der Waals surface area contributed by atoms with Gasteiger partial charge in [-0.25, -0.2) is 4.79 Å². The van der Waals surface area contributed by atoms with E-state index in [0.717, 1.165) is 43.1 Å². The van der Waals surface area contributed by atoms with E-state index >= 15 is 0 Å². The molecule has 360 valence electrons. The van der Waals surface area contributed by atoms with E-state index in [-0.39, 0.29) is 61.5 Å². The van der Waals surface area contributed by atoms with Crippen LogP contribution in [-0.4, -0.2) is 167 Å². The Kier molecular flexibility index (Phi) is 16.4. The van der Waals surface area contributed by atoms with Crippen molar-refractivity contribution in [1.82, 2.24) is 30.7 Å². The van der Waals surface area contributed by atoms with E-state index < -0.39 is 29.5 Å². The van der Waals surface area contributed by atoms with Gasteiger partial charge in [0.2, 0.25) is 23.6 Å². The van der Waals surface area contributed by atoms with E-state index in [4.69, 9.17) is 23.7 Å². The third kappa shape index (κ3) is 11.1. The monoisotopic (exact) mass is 940 g/mol. The molecule has 2 unspecified atom stereocenters. The fourth-order valence-corrected chi connectivity index (χ4v) is 8.84. The van der Waals surface area contributed by atoms with Crippen molar-refractivity contribution in [3.8, 4) is 11.5 Å². The fourth-order valence-electron chi connectivity index (χ4n) is 8.84. The number of fused-ring (bicyclic) bond motifs is 2. The van der Waals surface area contributed by atoms with Gasteiger partial charge >= 0.3 is 6.09 Å². The molecule has 21 heteroatoms. The minimum atomic E-state index is -0.699. The molecule has 2 atom stereocenters. The molecule has 0 aromatic heterocycles. The van der Waals surface area contributed by atoms with Gasteiger partial charge in [-0.2, -0.15) is 0 Å². The summed E-state index contributed by atoms with van der Waals surface area (Å²) in [6.45, 7) is 13.1. The summed E-state index contributed by atoms with van der Waals surface area (Å²) in [4.78, 5) is 95.7. The molecule has 2 aromatic carbocycles. The van der Waals surface area contributed by atoms with E-state index in [9.17, 15) is 33.6 Å². The number of nitrogens with one attached hydrogen (secondary N) is 3.